The summed E-state index contributed by atoms with van der Waals surface area (Å²) >= 11 is 0. The van der Waals surface area contributed by atoms with Gasteiger partial charge in [0.25, 0.3) is 0 Å². The number of nitrogens with zero attached hydrogens (tertiary/aromatic N) is 1. The standard InChI is InChI=1S/C14H22N2O2/c17-12-7-10-16(11-5-1-2-6-11)13(18)14(15-12)8-3-4-9-14/h11H,1-10H2,(H,15,17). The van der Waals surface area contributed by atoms with Crippen molar-refractivity contribution in [1.82, 2.24) is 10.2 Å². The number of carbonyl (C=O) groups excluding carboxylic acids is 2. The summed E-state index contributed by atoms with van der Waals surface area (Å²) in [6.45, 7) is 0.622. The smallest absolute Gasteiger partial charge is 0.248 e. The monoisotopic (exact) mass is 250 g/mol. The van der Waals surface area contributed by atoms with Gasteiger partial charge in [-0.25, -0.2) is 0 Å². The highest BCUT2D eigenvalue weighted by atomic mass is 16.2. The summed E-state index contributed by atoms with van der Waals surface area (Å²) in [5, 5.41) is 3.03. The van der Waals surface area contributed by atoms with Crippen molar-refractivity contribution in [3.8, 4) is 0 Å². The molecule has 0 aromatic carbocycles. The largest absolute Gasteiger partial charge is 0.342 e. The van der Waals surface area contributed by atoms with Crippen LogP contribution in [-0.2, 0) is 9.59 Å². The van der Waals surface area contributed by atoms with Crippen LogP contribution < -0.4 is 5.32 Å². The van der Waals surface area contributed by atoms with Crippen molar-refractivity contribution in [2.75, 3.05) is 6.54 Å². The van der Waals surface area contributed by atoms with Gasteiger partial charge in [0.1, 0.15) is 5.54 Å². The van der Waals surface area contributed by atoms with Crippen LogP contribution >= 0.6 is 0 Å². The maximum atomic E-state index is 12.8. The molecule has 3 fully saturated rings. The summed E-state index contributed by atoms with van der Waals surface area (Å²) in [6.07, 6.45) is 8.96. The summed E-state index contributed by atoms with van der Waals surface area (Å²) in [4.78, 5) is 26.7. The van der Waals surface area contributed by atoms with Crippen LogP contribution in [0.4, 0.5) is 0 Å². The molecule has 1 N–H and O–H groups in total. The van der Waals surface area contributed by atoms with E-state index in [4.69, 9.17) is 0 Å². The highest BCUT2D eigenvalue weighted by Crippen LogP contribution is 2.35. The Morgan fingerprint density at radius 2 is 1.72 bits per heavy atom. The van der Waals surface area contributed by atoms with E-state index in [1.54, 1.807) is 0 Å². The third-order valence-corrected chi connectivity index (χ3v) is 4.85. The van der Waals surface area contributed by atoms with Gasteiger partial charge in [-0.2, -0.15) is 0 Å². The Kier molecular flexibility index (Phi) is 3.04. The molecule has 1 heterocycles. The number of carbonyl (C=O) groups is 2. The van der Waals surface area contributed by atoms with Crippen LogP contribution in [0.5, 0.6) is 0 Å². The minimum atomic E-state index is -0.545. The van der Waals surface area contributed by atoms with E-state index in [-0.39, 0.29) is 11.8 Å². The van der Waals surface area contributed by atoms with Gasteiger partial charge in [-0.1, -0.05) is 25.7 Å². The van der Waals surface area contributed by atoms with Crippen LogP contribution in [0.1, 0.15) is 57.8 Å². The fraction of sp³-hybridized carbons (Fsp3) is 0.857. The first kappa shape index (κ1) is 12.0. The molecule has 3 aliphatic rings. The van der Waals surface area contributed by atoms with Gasteiger partial charge in [0.05, 0.1) is 0 Å². The number of rotatable bonds is 1. The zero-order valence-electron chi connectivity index (χ0n) is 10.9. The van der Waals surface area contributed by atoms with Crippen molar-refractivity contribution in [2.24, 2.45) is 0 Å². The van der Waals surface area contributed by atoms with Gasteiger partial charge in [-0.3, -0.25) is 9.59 Å². The zero-order chi connectivity index (χ0) is 12.6. The van der Waals surface area contributed by atoms with Crippen LogP contribution in [0.15, 0.2) is 0 Å². The van der Waals surface area contributed by atoms with Crippen molar-refractivity contribution in [3.05, 3.63) is 0 Å². The molecule has 1 aliphatic heterocycles. The molecule has 0 radical (unpaired) electrons. The topological polar surface area (TPSA) is 49.4 Å². The number of hydrogen-bond donors (Lipinski definition) is 1. The van der Waals surface area contributed by atoms with E-state index in [9.17, 15) is 9.59 Å². The van der Waals surface area contributed by atoms with E-state index in [2.05, 4.69) is 5.32 Å². The Bertz CT molecular complexity index is 355. The molecule has 1 spiro atoms. The lowest BCUT2D eigenvalue weighted by molar-refractivity contribution is -0.140. The molecule has 2 aliphatic carbocycles. The van der Waals surface area contributed by atoms with E-state index < -0.39 is 5.54 Å². The van der Waals surface area contributed by atoms with Crippen LogP contribution in [0, 0.1) is 0 Å². The van der Waals surface area contributed by atoms with Crippen LogP contribution in [0.25, 0.3) is 0 Å². The molecule has 0 aromatic rings. The Morgan fingerprint density at radius 1 is 1.06 bits per heavy atom. The van der Waals surface area contributed by atoms with Crippen molar-refractivity contribution < 1.29 is 9.59 Å². The Morgan fingerprint density at radius 3 is 2.39 bits per heavy atom. The minimum Gasteiger partial charge on any atom is -0.342 e. The minimum absolute atomic E-state index is 0.0609. The first-order valence-electron chi connectivity index (χ1n) is 7.33. The van der Waals surface area contributed by atoms with Gasteiger partial charge in [0, 0.05) is 19.0 Å². The molecule has 100 valence electrons. The van der Waals surface area contributed by atoms with E-state index in [1.807, 2.05) is 4.90 Å². The highest BCUT2D eigenvalue weighted by Gasteiger charge is 2.47. The molecule has 2 amide bonds. The predicted molar refractivity (Wildman–Crippen MR) is 67.9 cm³/mol. The Labute approximate surface area is 108 Å². The molecule has 0 bridgehead atoms. The lowest BCUT2D eigenvalue weighted by Gasteiger charge is -2.35. The van der Waals surface area contributed by atoms with Gasteiger partial charge in [-0.15, -0.1) is 0 Å². The molecule has 0 atom stereocenters. The van der Waals surface area contributed by atoms with E-state index in [1.165, 1.54) is 12.8 Å². The van der Waals surface area contributed by atoms with Gasteiger partial charge in [0.15, 0.2) is 0 Å². The number of nitrogens with one attached hydrogen (secondary N) is 1. The fourth-order valence-electron chi connectivity index (χ4n) is 3.86. The van der Waals surface area contributed by atoms with Crippen molar-refractivity contribution in [3.63, 3.8) is 0 Å². The van der Waals surface area contributed by atoms with Gasteiger partial charge in [0.2, 0.25) is 11.8 Å². The second-order valence-corrected chi connectivity index (χ2v) is 6.02. The number of amides is 2. The zero-order valence-corrected chi connectivity index (χ0v) is 10.9. The highest BCUT2D eigenvalue weighted by molar-refractivity contribution is 5.94. The first-order chi connectivity index (χ1) is 8.71. The molecule has 2 saturated carbocycles. The van der Waals surface area contributed by atoms with Crippen molar-refractivity contribution >= 4 is 11.8 Å². The number of hydrogen-bond acceptors (Lipinski definition) is 2. The SMILES string of the molecule is O=C1CCN(C2CCCC2)C(=O)C2(CCCC2)N1. The molecule has 4 heteroatoms. The van der Waals surface area contributed by atoms with Crippen LogP contribution in [-0.4, -0.2) is 34.8 Å². The Hall–Kier alpha value is -1.06. The fourth-order valence-corrected chi connectivity index (χ4v) is 3.86. The lowest BCUT2D eigenvalue weighted by atomic mass is 9.95. The second-order valence-electron chi connectivity index (χ2n) is 6.02. The molecule has 3 rings (SSSR count). The van der Waals surface area contributed by atoms with Crippen LogP contribution in [0.3, 0.4) is 0 Å². The first-order valence-corrected chi connectivity index (χ1v) is 7.33. The van der Waals surface area contributed by atoms with E-state index in [0.717, 1.165) is 38.5 Å². The molecule has 0 aromatic heterocycles. The normalized spacial score (nSPS) is 28.8. The van der Waals surface area contributed by atoms with Gasteiger partial charge < -0.3 is 10.2 Å². The lowest BCUT2D eigenvalue weighted by Crippen LogP contribution is -2.56. The average molecular weight is 250 g/mol. The van der Waals surface area contributed by atoms with Gasteiger partial charge in [-0.05, 0) is 25.7 Å². The molecular weight excluding hydrogens is 228 g/mol. The summed E-state index contributed by atoms with van der Waals surface area (Å²) in [7, 11) is 0. The maximum Gasteiger partial charge on any atom is 0.248 e. The maximum absolute atomic E-state index is 12.8. The van der Waals surface area contributed by atoms with E-state index >= 15 is 0 Å². The average Bonchev–Trinajstić information content (AvgIpc) is 2.98. The molecule has 18 heavy (non-hydrogen) atoms. The quantitative estimate of drug-likeness (QED) is 0.768. The molecule has 1 saturated heterocycles. The van der Waals surface area contributed by atoms with Crippen molar-refractivity contribution in [1.29, 1.82) is 0 Å². The van der Waals surface area contributed by atoms with Crippen molar-refractivity contribution in [2.45, 2.75) is 69.4 Å². The predicted octanol–water partition coefficient (Wildman–Crippen LogP) is 1.59. The third kappa shape index (κ3) is 1.91. The van der Waals surface area contributed by atoms with E-state index in [0.29, 0.717) is 19.0 Å². The summed E-state index contributed by atoms with van der Waals surface area (Å²) in [5.74, 6) is 0.267. The molecule has 0 unspecified atom stereocenters. The van der Waals surface area contributed by atoms with Crippen LogP contribution in [0.2, 0.25) is 0 Å². The second kappa shape index (κ2) is 4.56. The molecule has 4 nitrogen and oxygen atoms in total. The third-order valence-electron chi connectivity index (χ3n) is 4.85. The van der Waals surface area contributed by atoms with Gasteiger partial charge >= 0.3 is 0 Å². The Balaban J connectivity index is 1.85. The summed E-state index contributed by atoms with van der Waals surface area (Å²) in [5.41, 5.74) is -0.545. The molecular formula is C14H22N2O2. The summed E-state index contributed by atoms with van der Waals surface area (Å²) < 4.78 is 0. The summed E-state index contributed by atoms with van der Waals surface area (Å²) in [6, 6.07) is 0.391.